The lowest BCUT2D eigenvalue weighted by Gasteiger charge is -2.23. The summed E-state index contributed by atoms with van der Waals surface area (Å²) in [5.74, 6) is 0. The molecule has 1 saturated heterocycles. The molecule has 0 bridgehead atoms. The molecule has 1 atom stereocenters. The number of hydrogen-bond acceptors (Lipinski definition) is 6. The minimum Gasteiger partial charge on any atom is -0.446 e. The van der Waals surface area contributed by atoms with Crippen molar-refractivity contribution in [1.29, 1.82) is 0 Å². The lowest BCUT2D eigenvalue weighted by molar-refractivity contribution is 0.0783. The molecular weight excluding hydrogens is 262 g/mol. The molecule has 1 fully saturated rings. The number of amides is 1. The minimum absolute atomic E-state index is 0.101. The van der Waals surface area contributed by atoms with Gasteiger partial charge in [-0.05, 0) is 13.8 Å². The molecule has 1 heterocycles. The van der Waals surface area contributed by atoms with Crippen LogP contribution in [0.15, 0.2) is 0 Å². The van der Waals surface area contributed by atoms with Crippen LogP contribution in [0.4, 0.5) is 4.79 Å². The summed E-state index contributed by atoms with van der Waals surface area (Å²) >= 11 is 0. The molecule has 0 saturated carbocycles. The van der Waals surface area contributed by atoms with E-state index in [9.17, 15) is 13.2 Å². The molecule has 0 aliphatic carbocycles. The monoisotopic (exact) mass is 281 g/mol. The maximum absolute atomic E-state index is 11.5. The fourth-order valence-corrected chi connectivity index (χ4v) is 2.11. The minimum atomic E-state index is -3.90. The van der Waals surface area contributed by atoms with Gasteiger partial charge in [-0.1, -0.05) is 0 Å². The highest BCUT2D eigenvalue weighted by molar-refractivity contribution is 7.88. The first-order valence-corrected chi connectivity index (χ1v) is 7.16. The number of carbonyl (C=O) groups is 1. The van der Waals surface area contributed by atoms with Gasteiger partial charge in [-0.2, -0.15) is 13.1 Å². The van der Waals surface area contributed by atoms with Gasteiger partial charge in [-0.15, -0.1) is 0 Å². The zero-order chi connectivity index (χ0) is 13.6. The molecule has 3 N–H and O–H groups in total. The van der Waals surface area contributed by atoms with Crippen molar-refractivity contribution in [1.82, 2.24) is 14.8 Å². The van der Waals surface area contributed by atoms with Crippen molar-refractivity contribution in [2.45, 2.75) is 26.0 Å². The number of ether oxygens (including phenoxy) is 2. The van der Waals surface area contributed by atoms with E-state index in [1.807, 2.05) is 0 Å². The van der Waals surface area contributed by atoms with Crippen molar-refractivity contribution in [3.05, 3.63) is 0 Å². The Kier molecular flexibility index (Phi) is 5.79. The van der Waals surface area contributed by atoms with Gasteiger partial charge < -0.3 is 14.8 Å². The fraction of sp³-hybridized carbons (Fsp3) is 0.889. The maximum Gasteiger partial charge on any atom is 0.422 e. The van der Waals surface area contributed by atoms with Gasteiger partial charge in [0.05, 0.1) is 19.3 Å². The predicted molar refractivity (Wildman–Crippen MR) is 64.3 cm³/mol. The van der Waals surface area contributed by atoms with E-state index < -0.39 is 16.3 Å². The molecule has 18 heavy (non-hydrogen) atoms. The van der Waals surface area contributed by atoms with Gasteiger partial charge in [0.25, 0.3) is 0 Å². The molecule has 0 spiro atoms. The number of morpholine rings is 1. The van der Waals surface area contributed by atoms with Crippen LogP contribution < -0.4 is 14.8 Å². The van der Waals surface area contributed by atoms with Crippen LogP contribution >= 0.6 is 0 Å². The molecule has 1 unspecified atom stereocenters. The highest BCUT2D eigenvalue weighted by Crippen LogP contribution is 1.93. The van der Waals surface area contributed by atoms with Crippen LogP contribution in [-0.4, -0.2) is 53.0 Å². The molecular formula is C9H19N3O5S. The van der Waals surface area contributed by atoms with Gasteiger partial charge in [-0.25, -0.2) is 9.52 Å². The number of carbonyl (C=O) groups excluding carboxylic acids is 1. The zero-order valence-corrected chi connectivity index (χ0v) is 11.2. The molecule has 0 radical (unpaired) electrons. The largest absolute Gasteiger partial charge is 0.446 e. The second-order valence-electron chi connectivity index (χ2n) is 4.13. The first-order chi connectivity index (χ1) is 8.39. The Balaban J connectivity index is 2.32. The van der Waals surface area contributed by atoms with E-state index in [0.29, 0.717) is 19.8 Å². The highest BCUT2D eigenvalue weighted by atomic mass is 32.2. The Labute approximate surface area is 107 Å². The number of rotatable bonds is 5. The Morgan fingerprint density at radius 3 is 2.83 bits per heavy atom. The van der Waals surface area contributed by atoms with Crippen molar-refractivity contribution in [2.24, 2.45) is 0 Å². The number of nitrogens with one attached hydrogen (secondary N) is 3. The SMILES string of the molecule is CC(C)OC(=O)NS(=O)(=O)NCC1COCCN1. The quantitative estimate of drug-likeness (QED) is 0.593. The summed E-state index contributed by atoms with van der Waals surface area (Å²) in [7, 11) is -3.90. The highest BCUT2D eigenvalue weighted by Gasteiger charge is 2.19. The summed E-state index contributed by atoms with van der Waals surface area (Å²) in [6.45, 7) is 5.12. The van der Waals surface area contributed by atoms with E-state index in [0.717, 1.165) is 0 Å². The predicted octanol–water partition coefficient (Wildman–Crippen LogP) is -1.06. The van der Waals surface area contributed by atoms with E-state index in [1.54, 1.807) is 18.6 Å². The first kappa shape index (κ1) is 15.2. The molecule has 0 aromatic heterocycles. The second kappa shape index (κ2) is 6.88. The topological polar surface area (TPSA) is 106 Å². The van der Waals surface area contributed by atoms with Crippen molar-refractivity contribution in [2.75, 3.05) is 26.3 Å². The molecule has 1 aliphatic heterocycles. The zero-order valence-electron chi connectivity index (χ0n) is 10.4. The van der Waals surface area contributed by atoms with Crippen molar-refractivity contribution in [3.63, 3.8) is 0 Å². The Hall–Kier alpha value is -0.900. The standard InChI is InChI=1S/C9H19N3O5S/c1-7(2)17-9(13)12-18(14,15)11-5-8-6-16-4-3-10-8/h7-8,10-11H,3-6H2,1-2H3,(H,12,13). The van der Waals surface area contributed by atoms with Gasteiger partial charge >= 0.3 is 16.3 Å². The molecule has 0 aromatic carbocycles. The third-order valence-electron chi connectivity index (χ3n) is 2.08. The smallest absolute Gasteiger partial charge is 0.422 e. The maximum atomic E-state index is 11.5. The summed E-state index contributed by atoms with van der Waals surface area (Å²) in [6.07, 6.45) is -1.38. The van der Waals surface area contributed by atoms with Crippen LogP contribution in [0.1, 0.15) is 13.8 Å². The molecule has 1 amide bonds. The van der Waals surface area contributed by atoms with Crippen LogP contribution in [0.3, 0.4) is 0 Å². The molecule has 9 heteroatoms. The van der Waals surface area contributed by atoms with Gasteiger partial charge in [0.2, 0.25) is 0 Å². The molecule has 106 valence electrons. The summed E-state index contributed by atoms with van der Waals surface area (Å²) < 4.78 is 36.8. The van der Waals surface area contributed by atoms with E-state index in [4.69, 9.17) is 4.74 Å². The van der Waals surface area contributed by atoms with Crippen LogP contribution in [0.25, 0.3) is 0 Å². The van der Waals surface area contributed by atoms with E-state index in [2.05, 4.69) is 14.8 Å². The van der Waals surface area contributed by atoms with E-state index in [1.165, 1.54) is 0 Å². The third-order valence-corrected chi connectivity index (χ3v) is 3.06. The van der Waals surface area contributed by atoms with Gasteiger partial charge in [-0.3, -0.25) is 0 Å². The van der Waals surface area contributed by atoms with Crippen molar-refractivity contribution >= 4 is 16.3 Å². The van der Waals surface area contributed by atoms with Crippen LogP contribution in [-0.2, 0) is 19.7 Å². The van der Waals surface area contributed by atoms with Gasteiger partial charge in [0.1, 0.15) is 0 Å². The van der Waals surface area contributed by atoms with Crippen molar-refractivity contribution in [3.8, 4) is 0 Å². The summed E-state index contributed by atoms with van der Waals surface area (Å²) in [4.78, 5) is 11.1. The van der Waals surface area contributed by atoms with Crippen LogP contribution in [0.5, 0.6) is 0 Å². The van der Waals surface area contributed by atoms with Crippen molar-refractivity contribution < 1.29 is 22.7 Å². The summed E-state index contributed by atoms with van der Waals surface area (Å²) in [6, 6.07) is -0.101. The molecule has 0 aromatic rings. The Morgan fingerprint density at radius 1 is 1.56 bits per heavy atom. The third kappa shape index (κ3) is 6.15. The van der Waals surface area contributed by atoms with E-state index >= 15 is 0 Å². The first-order valence-electron chi connectivity index (χ1n) is 5.68. The van der Waals surface area contributed by atoms with Gasteiger partial charge in [0, 0.05) is 19.1 Å². The fourth-order valence-electron chi connectivity index (χ4n) is 1.35. The van der Waals surface area contributed by atoms with Crippen LogP contribution in [0, 0.1) is 0 Å². The molecule has 1 aliphatic rings. The summed E-state index contributed by atoms with van der Waals surface area (Å²) in [5.41, 5.74) is 0. The van der Waals surface area contributed by atoms with Crippen LogP contribution in [0.2, 0.25) is 0 Å². The number of hydrogen-bond donors (Lipinski definition) is 3. The van der Waals surface area contributed by atoms with Gasteiger partial charge in [0.15, 0.2) is 0 Å². The lowest BCUT2D eigenvalue weighted by Crippen LogP contribution is -2.51. The average Bonchev–Trinajstić information content (AvgIpc) is 2.26. The normalized spacial score (nSPS) is 20.7. The molecule has 8 nitrogen and oxygen atoms in total. The Bertz CT molecular complexity index is 364. The summed E-state index contributed by atoms with van der Waals surface area (Å²) in [5, 5.41) is 3.08. The Morgan fingerprint density at radius 2 is 2.28 bits per heavy atom. The van der Waals surface area contributed by atoms with E-state index in [-0.39, 0.29) is 18.7 Å². The second-order valence-corrected chi connectivity index (χ2v) is 5.63. The lowest BCUT2D eigenvalue weighted by atomic mass is 10.3. The average molecular weight is 281 g/mol. The molecule has 1 rings (SSSR count).